The highest BCUT2D eigenvalue weighted by Gasteiger charge is 2.33. The van der Waals surface area contributed by atoms with Crippen LogP contribution in [0.1, 0.15) is 31.2 Å². The molecule has 0 amide bonds. The van der Waals surface area contributed by atoms with Gasteiger partial charge in [0.25, 0.3) is 0 Å². The van der Waals surface area contributed by atoms with Crippen LogP contribution in [0.25, 0.3) is 0 Å². The summed E-state index contributed by atoms with van der Waals surface area (Å²) in [4.78, 5) is 0.285. The number of sulfonamides is 2. The second-order valence-electron chi connectivity index (χ2n) is 7.61. The first-order valence-corrected chi connectivity index (χ1v) is 12.7. The van der Waals surface area contributed by atoms with Crippen molar-refractivity contribution in [2.24, 2.45) is 0 Å². The molecule has 0 N–H and O–H groups in total. The van der Waals surface area contributed by atoms with E-state index in [9.17, 15) is 16.8 Å². The Morgan fingerprint density at radius 1 is 0.793 bits per heavy atom. The van der Waals surface area contributed by atoms with Gasteiger partial charge in [-0.25, -0.2) is 16.8 Å². The van der Waals surface area contributed by atoms with Crippen molar-refractivity contribution < 1.29 is 26.3 Å². The van der Waals surface area contributed by atoms with Gasteiger partial charge in [-0.1, -0.05) is 0 Å². The van der Waals surface area contributed by atoms with Crippen molar-refractivity contribution in [1.29, 1.82) is 0 Å². The molecule has 164 valence electrons. The van der Waals surface area contributed by atoms with Crippen molar-refractivity contribution in [2.75, 3.05) is 40.4 Å². The maximum absolute atomic E-state index is 13.0. The van der Waals surface area contributed by atoms with Gasteiger partial charge in [-0.3, -0.25) is 0 Å². The number of rotatable bonds is 6. The quantitative estimate of drug-likeness (QED) is 0.659. The van der Waals surface area contributed by atoms with E-state index in [2.05, 4.69) is 0 Å². The minimum atomic E-state index is -3.67. The first-order chi connectivity index (χ1) is 13.7. The molecule has 2 fully saturated rings. The number of nitrogens with zero attached hydrogens (tertiary/aromatic N) is 2. The first-order valence-electron chi connectivity index (χ1n) is 9.86. The molecule has 3 rings (SSSR count). The second kappa shape index (κ2) is 8.99. The summed E-state index contributed by atoms with van der Waals surface area (Å²) >= 11 is 0. The highest BCUT2D eigenvalue weighted by molar-refractivity contribution is 7.89. The summed E-state index contributed by atoms with van der Waals surface area (Å²) in [6.45, 7) is 3.23. The van der Waals surface area contributed by atoms with Crippen LogP contribution < -0.4 is 0 Å². The predicted molar refractivity (Wildman–Crippen MR) is 109 cm³/mol. The monoisotopic (exact) mass is 446 g/mol. The molecule has 2 aliphatic heterocycles. The summed E-state index contributed by atoms with van der Waals surface area (Å²) in [5.41, 5.74) is 0.437. The molecule has 0 radical (unpaired) electrons. The predicted octanol–water partition coefficient (Wildman–Crippen LogP) is 1.59. The molecular weight excluding hydrogens is 416 g/mol. The molecule has 1 aromatic carbocycles. The lowest BCUT2D eigenvalue weighted by atomic mass is 10.1. The molecule has 2 saturated heterocycles. The number of piperidine rings is 2. The van der Waals surface area contributed by atoms with E-state index in [4.69, 9.17) is 9.47 Å². The minimum Gasteiger partial charge on any atom is -0.381 e. The Kier molecular flexibility index (Phi) is 7.02. The molecule has 0 saturated carbocycles. The number of hydrogen-bond acceptors (Lipinski definition) is 6. The molecule has 29 heavy (non-hydrogen) atoms. The van der Waals surface area contributed by atoms with Gasteiger partial charge in [0.2, 0.25) is 20.0 Å². The molecular formula is C19H30N2O6S2. The van der Waals surface area contributed by atoms with E-state index in [-0.39, 0.29) is 22.0 Å². The SMILES string of the molecule is COC1CCN(S(=O)(=O)c2ccc(S(=O)(=O)N3CCC(OC)CC3)c(C)c2)CC1. The second-order valence-corrected chi connectivity index (χ2v) is 11.4. The van der Waals surface area contributed by atoms with Crippen LogP contribution in [-0.2, 0) is 29.5 Å². The summed E-state index contributed by atoms with van der Waals surface area (Å²) in [5.74, 6) is 0. The van der Waals surface area contributed by atoms with Crippen LogP contribution >= 0.6 is 0 Å². The Bertz CT molecular complexity index is 916. The molecule has 2 aliphatic rings. The van der Waals surface area contributed by atoms with Crippen molar-refractivity contribution >= 4 is 20.0 Å². The third-order valence-corrected chi connectivity index (χ3v) is 9.82. The zero-order valence-electron chi connectivity index (χ0n) is 17.2. The molecule has 0 spiro atoms. The van der Waals surface area contributed by atoms with E-state index < -0.39 is 20.0 Å². The zero-order valence-corrected chi connectivity index (χ0v) is 18.8. The number of methoxy groups -OCH3 is 2. The summed E-state index contributed by atoms with van der Waals surface area (Å²) < 4.78 is 65.6. The molecule has 0 unspecified atom stereocenters. The fraction of sp³-hybridized carbons (Fsp3) is 0.684. The van der Waals surface area contributed by atoms with Crippen LogP contribution in [0.3, 0.4) is 0 Å². The van der Waals surface area contributed by atoms with Gasteiger partial charge in [0.15, 0.2) is 0 Å². The lowest BCUT2D eigenvalue weighted by Crippen LogP contribution is -2.41. The number of hydrogen-bond donors (Lipinski definition) is 0. The van der Waals surface area contributed by atoms with Gasteiger partial charge in [-0.2, -0.15) is 8.61 Å². The smallest absolute Gasteiger partial charge is 0.243 e. The lowest BCUT2D eigenvalue weighted by Gasteiger charge is -2.31. The molecule has 8 nitrogen and oxygen atoms in total. The first kappa shape index (κ1) is 22.6. The molecule has 10 heteroatoms. The van der Waals surface area contributed by atoms with Gasteiger partial charge in [-0.15, -0.1) is 0 Å². The number of aryl methyl sites for hydroxylation is 1. The maximum atomic E-state index is 13.0. The van der Waals surface area contributed by atoms with Gasteiger partial charge in [-0.05, 0) is 56.4 Å². The summed E-state index contributed by atoms with van der Waals surface area (Å²) in [7, 11) is -4.06. The largest absolute Gasteiger partial charge is 0.381 e. The van der Waals surface area contributed by atoms with Gasteiger partial charge in [0, 0.05) is 40.4 Å². The Hall–Kier alpha value is -1.04. The van der Waals surface area contributed by atoms with E-state index in [1.807, 2.05) is 0 Å². The third kappa shape index (κ3) is 4.67. The van der Waals surface area contributed by atoms with Crippen molar-refractivity contribution in [3.63, 3.8) is 0 Å². The van der Waals surface area contributed by atoms with Crippen LogP contribution in [-0.4, -0.2) is 78.1 Å². The number of benzene rings is 1. The van der Waals surface area contributed by atoms with E-state index in [0.717, 1.165) is 0 Å². The normalized spacial score (nSPS) is 21.5. The van der Waals surface area contributed by atoms with Crippen LogP contribution in [0, 0.1) is 6.92 Å². The topological polar surface area (TPSA) is 93.2 Å². The van der Waals surface area contributed by atoms with Crippen LogP contribution in [0.15, 0.2) is 28.0 Å². The highest BCUT2D eigenvalue weighted by Crippen LogP contribution is 2.28. The third-order valence-electron chi connectivity index (χ3n) is 5.87. The molecule has 1 aromatic rings. The van der Waals surface area contributed by atoms with Crippen molar-refractivity contribution in [1.82, 2.24) is 8.61 Å². The summed E-state index contributed by atoms with van der Waals surface area (Å²) in [6, 6.07) is 4.29. The van der Waals surface area contributed by atoms with Crippen molar-refractivity contribution in [3.05, 3.63) is 23.8 Å². The lowest BCUT2D eigenvalue weighted by molar-refractivity contribution is 0.0602. The summed E-state index contributed by atoms with van der Waals surface area (Å²) in [6.07, 6.45) is 2.77. The van der Waals surface area contributed by atoms with Crippen LogP contribution in [0.4, 0.5) is 0 Å². The Morgan fingerprint density at radius 2 is 1.24 bits per heavy atom. The minimum absolute atomic E-state index is 0.0808. The fourth-order valence-corrected chi connectivity index (χ4v) is 7.21. The molecule has 0 bridgehead atoms. The molecule has 0 aliphatic carbocycles. The van der Waals surface area contributed by atoms with Crippen molar-refractivity contribution in [3.8, 4) is 0 Å². The van der Waals surface area contributed by atoms with E-state index in [1.54, 1.807) is 21.1 Å². The van der Waals surface area contributed by atoms with Crippen LogP contribution in [0.2, 0.25) is 0 Å². The number of ether oxygens (including phenoxy) is 2. The van der Waals surface area contributed by atoms with Crippen LogP contribution in [0.5, 0.6) is 0 Å². The molecule has 0 aromatic heterocycles. The standard InChI is InChI=1S/C19H30N2O6S2/c1-15-14-18(28(22,23)20-10-6-16(26-2)7-11-20)4-5-19(15)29(24,25)21-12-8-17(27-3)9-13-21/h4-5,14,16-17H,6-13H2,1-3H3. The Balaban J connectivity index is 1.79. The molecule has 2 heterocycles. The fourth-order valence-electron chi connectivity index (χ4n) is 3.98. The Labute approximate surface area is 173 Å². The zero-order chi connectivity index (χ0) is 21.2. The van der Waals surface area contributed by atoms with Gasteiger partial charge in [0.1, 0.15) is 0 Å². The van der Waals surface area contributed by atoms with Gasteiger partial charge in [0.05, 0.1) is 22.0 Å². The van der Waals surface area contributed by atoms with Gasteiger partial charge < -0.3 is 9.47 Å². The van der Waals surface area contributed by atoms with E-state index in [1.165, 1.54) is 26.8 Å². The van der Waals surface area contributed by atoms with Gasteiger partial charge >= 0.3 is 0 Å². The Morgan fingerprint density at radius 3 is 1.66 bits per heavy atom. The van der Waals surface area contributed by atoms with Crippen molar-refractivity contribution in [2.45, 2.75) is 54.6 Å². The maximum Gasteiger partial charge on any atom is 0.243 e. The van der Waals surface area contributed by atoms with E-state index >= 15 is 0 Å². The average Bonchev–Trinajstić information content (AvgIpc) is 2.73. The average molecular weight is 447 g/mol. The molecule has 0 atom stereocenters. The summed E-state index contributed by atoms with van der Waals surface area (Å²) in [5, 5.41) is 0. The highest BCUT2D eigenvalue weighted by atomic mass is 32.2. The van der Waals surface area contributed by atoms with E-state index in [0.29, 0.717) is 57.4 Å².